The smallest absolute Gasteiger partial charge is 0.0449 e. The maximum atomic E-state index is 4.26. The number of hydrogen-bond acceptors (Lipinski definition) is 4. The zero-order chi connectivity index (χ0) is 15.2. The quantitative estimate of drug-likeness (QED) is 0.316. The first-order valence-corrected chi connectivity index (χ1v) is 10.8. The van der Waals surface area contributed by atoms with Crippen LogP contribution in [0.15, 0.2) is 41.8 Å². The van der Waals surface area contributed by atoms with Crippen LogP contribution in [0.2, 0.25) is 0 Å². The van der Waals surface area contributed by atoms with Crippen LogP contribution in [0.25, 0.3) is 19.5 Å². The number of hydrogen-bond donors (Lipinski definition) is 1. The van der Waals surface area contributed by atoms with E-state index in [1.807, 2.05) is 34.0 Å². The molecule has 0 amide bonds. The highest BCUT2D eigenvalue weighted by atomic mass is 32.1. The standard InChI is InChI=1S/C18H20S4/c19-12-4-2-1-3-6-14-8-9-17(21-14)18-11-10-16(22-18)15-7-5-13-20-15/h5,7-11,13,19H,1-4,6,12H2. The second kappa shape index (κ2) is 8.34. The highest BCUT2D eigenvalue weighted by Gasteiger charge is 2.08. The summed E-state index contributed by atoms with van der Waals surface area (Å²) >= 11 is 9.94. The van der Waals surface area contributed by atoms with E-state index in [2.05, 4.69) is 54.4 Å². The van der Waals surface area contributed by atoms with Gasteiger partial charge >= 0.3 is 0 Å². The van der Waals surface area contributed by atoms with Crippen LogP contribution in [0.1, 0.15) is 30.6 Å². The molecule has 0 nitrogen and oxygen atoms in total. The number of unbranched alkanes of at least 4 members (excludes halogenated alkanes) is 3. The van der Waals surface area contributed by atoms with Gasteiger partial charge in [-0.05, 0) is 60.7 Å². The van der Waals surface area contributed by atoms with Gasteiger partial charge in [-0.15, -0.1) is 34.0 Å². The van der Waals surface area contributed by atoms with Gasteiger partial charge in [0.15, 0.2) is 0 Å². The molecule has 0 saturated heterocycles. The van der Waals surface area contributed by atoms with E-state index in [0.717, 1.165) is 5.75 Å². The number of thiol groups is 1. The number of thiophene rings is 3. The van der Waals surface area contributed by atoms with Gasteiger partial charge < -0.3 is 0 Å². The molecule has 0 unspecified atom stereocenters. The molecule has 0 spiro atoms. The van der Waals surface area contributed by atoms with E-state index in [0.29, 0.717) is 0 Å². The molecule has 0 N–H and O–H groups in total. The van der Waals surface area contributed by atoms with E-state index in [9.17, 15) is 0 Å². The van der Waals surface area contributed by atoms with Crippen molar-refractivity contribution in [3.05, 3.63) is 46.7 Å². The lowest BCUT2D eigenvalue weighted by atomic mass is 10.1. The fourth-order valence-electron chi connectivity index (χ4n) is 2.43. The van der Waals surface area contributed by atoms with Crippen molar-refractivity contribution >= 4 is 46.6 Å². The second-order valence-corrected chi connectivity index (χ2v) is 8.94. The van der Waals surface area contributed by atoms with Gasteiger partial charge in [0.2, 0.25) is 0 Å². The van der Waals surface area contributed by atoms with Gasteiger partial charge in [-0.25, -0.2) is 0 Å². The lowest BCUT2D eigenvalue weighted by Crippen LogP contribution is -1.82. The molecular formula is C18H20S4. The molecule has 22 heavy (non-hydrogen) atoms. The topological polar surface area (TPSA) is 0 Å². The average molecular weight is 365 g/mol. The van der Waals surface area contributed by atoms with Crippen LogP contribution in [0, 0.1) is 0 Å². The monoisotopic (exact) mass is 364 g/mol. The summed E-state index contributed by atoms with van der Waals surface area (Å²) in [4.78, 5) is 7.09. The predicted octanol–water partition coefficient (Wildman–Crippen LogP) is 7.24. The summed E-state index contributed by atoms with van der Waals surface area (Å²) in [6.45, 7) is 0. The molecule has 0 aliphatic heterocycles. The molecule has 3 aromatic rings. The molecule has 3 rings (SSSR count). The van der Waals surface area contributed by atoms with Gasteiger partial charge in [-0.2, -0.15) is 12.6 Å². The predicted molar refractivity (Wildman–Crippen MR) is 107 cm³/mol. The van der Waals surface area contributed by atoms with Crippen LogP contribution < -0.4 is 0 Å². The maximum Gasteiger partial charge on any atom is 0.0449 e. The molecule has 0 fully saturated rings. The normalized spacial score (nSPS) is 11.1. The molecule has 0 radical (unpaired) electrons. The van der Waals surface area contributed by atoms with Crippen LogP contribution in [-0.2, 0) is 6.42 Å². The molecule has 0 bridgehead atoms. The van der Waals surface area contributed by atoms with Gasteiger partial charge in [-0.3, -0.25) is 0 Å². The first-order valence-electron chi connectivity index (χ1n) is 7.70. The lowest BCUT2D eigenvalue weighted by Gasteiger charge is -1.98. The fourth-order valence-corrected chi connectivity index (χ4v) is 5.63. The largest absolute Gasteiger partial charge is 0.179 e. The van der Waals surface area contributed by atoms with Crippen LogP contribution >= 0.6 is 46.6 Å². The summed E-state index contributed by atoms with van der Waals surface area (Å²) in [6, 6.07) is 13.4. The van der Waals surface area contributed by atoms with Crippen molar-refractivity contribution in [3.63, 3.8) is 0 Å². The van der Waals surface area contributed by atoms with Crippen LogP contribution in [-0.4, -0.2) is 5.75 Å². The summed E-state index contributed by atoms with van der Waals surface area (Å²) in [5.74, 6) is 1.02. The Hall–Kier alpha value is -0.550. The summed E-state index contributed by atoms with van der Waals surface area (Å²) in [7, 11) is 0. The van der Waals surface area contributed by atoms with Gasteiger partial charge in [0.25, 0.3) is 0 Å². The van der Waals surface area contributed by atoms with Crippen LogP contribution in [0.4, 0.5) is 0 Å². The third-order valence-electron chi connectivity index (χ3n) is 3.61. The molecule has 0 aromatic carbocycles. The maximum absolute atomic E-state index is 4.26. The van der Waals surface area contributed by atoms with E-state index in [-0.39, 0.29) is 0 Å². The summed E-state index contributed by atoms with van der Waals surface area (Å²) < 4.78 is 0. The van der Waals surface area contributed by atoms with Crippen molar-refractivity contribution in [2.24, 2.45) is 0 Å². The number of aryl methyl sites for hydroxylation is 1. The Bertz CT molecular complexity index is 676. The Morgan fingerprint density at radius 2 is 1.45 bits per heavy atom. The fraction of sp³-hybridized carbons (Fsp3) is 0.333. The van der Waals surface area contributed by atoms with Crippen LogP contribution in [0.3, 0.4) is 0 Å². The minimum absolute atomic E-state index is 1.02. The van der Waals surface area contributed by atoms with Gasteiger partial charge in [0.1, 0.15) is 0 Å². The molecule has 0 aliphatic rings. The molecule has 4 heteroatoms. The molecule has 0 aliphatic carbocycles. The van der Waals surface area contributed by atoms with E-state index in [1.54, 1.807) is 0 Å². The molecule has 3 heterocycles. The molecule has 0 saturated carbocycles. The van der Waals surface area contributed by atoms with Crippen molar-refractivity contribution in [1.29, 1.82) is 0 Å². The summed E-state index contributed by atoms with van der Waals surface area (Å²) in [6.07, 6.45) is 6.42. The Morgan fingerprint density at radius 3 is 2.23 bits per heavy atom. The summed E-state index contributed by atoms with van der Waals surface area (Å²) in [5, 5.41) is 2.14. The minimum atomic E-state index is 1.02. The minimum Gasteiger partial charge on any atom is -0.179 e. The zero-order valence-electron chi connectivity index (χ0n) is 12.5. The Balaban J connectivity index is 1.59. The second-order valence-electron chi connectivity index (χ2n) is 5.29. The van der Waals surface area contributed by atoms with Crippen molar-refractivity contribution in [1.82, 2.24) is 0 Å². The lowest BCUT2D eigenvalue weighted by molar-refractivity contribution is 0.674. The Morgan fingerprint density at radius 1 is 0.727 bits per heavy atom. The van der Waals surface area contributed by atoms with Crippen molar-refractivity contribution in [2.75, 3.05) is 5.75 Å². The molecule has 116 valence electrons. The van der Waals surface area contributed by atoms with Crippen molar-refractivity contribution in [2.45, 2.75) is 32.1 Å². The average Bonchev–Trinajstić information content (AvgIpc) is 3.26. The first kappa shape index (κ1) is 16.3. The zero-order valence-corrected chi connectivity index (χ0v) is 15.8. The van der Waals surface area contributed by atoms with E-state index in [4.69, 9.17) is 0 Å². The SMILES string of the molecule is SCCCCCCc1ccc(-c2ccc(-c3cccs3)s2)s1. The molecular weight excluding hydrogens is 344 g/mol. The first-order chi connectivity index (χ1) is 10.9. The third kappa shape index (κ3) is 4.25. The van der Waals surface area contributed by atoms with Gasteiger partial charge in [-0.1, -0.05) is 18.9 Å². The van der Waals surface area contributed by atoms with E-state index >= 15 is 0 Å². The van der Waals surface area contributed by atoms with Crippen molar-refractivity contribution < 1.29 is 0 Å². The van der Waals surface area contributed by atoms with Gasteiger partial charge in [0.05, 0.1) is 0 Å². The highest BCUT2D eigenvalue weighted by molar-refractivity contribution is 7.80. The molecule has 0 atom stereocenters. The van der Waals surface area contributed by atoms with Crippen molar-refractivity contribution in [3.8, 4) is 19.5 Å². The Kier molecular flexibility index (Phi) is 6.19. The van der Waals surface area contributed by atoms with E-state index in [1.165, 1.54) is 56.5 Å². The highest BCUT2D eigenvalue weighted by Crippen LogP contribution is 2.39. The van der Waals surface area contributed by atoms with Crippen LogP contribution in [0.5, 0.6) is 0 Å². The third-order valence-corrected chi connectivity index (χ3v) is 7.41. The summed E-state index contributed by atoms with van der Waals surface area (Å²) in [5.41, 5.74) is 0. The number of rotatable bonds is 8. The van der Waals surface area contributed by atoms with Gasteiger partial charge in [0, 0.05) is 24.4 Å². The molecule has 3 aromatic heterocycles. The Labute approximate surface area is 150 Å². The van der Waals surface area contributed by atoms with E-state index < -0.39 is 0 Å².